The van der Waals surface area contributed by atoms with Gasteiger partial charge in [0.2, 0.25) is 10.0 Å². The molecule has 3 aromatic rings. The summed E-state index contributed by atoms with van der Waals surface area (Å²) in [6.45, 7) is 2.13. The standard InChI is InChI=1S/C22H24N2O3S/c1-27-22-9-5-4-8-21(22)24-13-12-17(16-24)15-23-28(25,26)20-11-10-18-6-2-3-7-19(18)14-20/h2-11,14,17,23H,12-13,15-16H2,1H3. The lowest BCUT2D eigenvalue weighted by atomic mass is 10.1. The van der Waals surface area contributed by atoms with Crippen molar-refractivity contribution in [1.82, 2.24) is 4.72 Å². The molecule has 5 nitrogen and oxygen atoms in total. The second-order valence-corrected chi connectivity index (χ2v) is 8.90. The van der Waals surface area contributed by atoms with Gasteiger partial charge in [0.05, 0.1) is 17.7 Å². The Balaban J connectivity index is 1.42. The number of para-hydroxylation sites is 2. The van der Waals surface area contributed by atoms with E-state index in [1.807, 2.05) is 54.6 Å². The van der Waals surface area contributed by atoms with Crippen LogP contribution in [0.2, 0.25) is 0 Å². The average Bonchev–Trinajstić information content (AvgIpc) is 3.21. The Morgan fingerprint density at radius 3 is 2.61 bits per heavy atom. The maximum atomic E-state index is 12.7. The maximum absolute atomic E-state index is 12.7. The highest BCUT2D eigenvalue weighted by Gasteiger charge is 2.26. The fraction of sp³-hybridized carbons (Fsp3) is 0.273. The molecule has 6 heteroatoms. The summed E-state index contributed by atoms with van der Waals surface area (Å²) in [5, 5.41) is 1.96. The van der Waals surface area contributed by atoms with Crippen molar-refractivity contribution >= 4 is 26.5 Å². The van der Waals surface area contributed by atoms with Crippen molar-refractivity contribution in [2.24, 2.45) is 5.92 Å². The summed E-state index contributed by atoms with van der Waals surface area (Å²) in [5.74, 6) is 1.11. The van der Waals surface area contributed by atoms with E-state index >= 15 is 0 Å². The van der Waals surface area contributed by atoms with Gasteiger partial charge in [-0.05, 0) is 47.4 Å². The van der Waals surface area contributed by atoms with Crippen molar-refractivity contribution in [2.75, 3.05) is 31.6 Å². The van der Waals surface area contributed by atoms with E-state index in [0.717, 1.165) is 41.7 Å². The van der Waals surface area contributed by atoms with Crippen molar-refractivity contribution in [2.45, 2.75) is 11.3 Å². The summed E-state index contributed by atoms with van der Waals surface area (Å²) in [7, 11) is -1.86. The molecule has 1 saturated heterocycles. The quantitative estimate of drug-likeness (QED) is 0.691. The van der Waals surface area contributed by atoms with E-state index in [9.17, 15) is 8.42 Å². The second kappa shape index (κ2) is 7.81. The minimum absolute atomic E-state index is 0.264. The van der Waals surface area contributed by atoms with Gasteiger partial charge < -0.3 is 9.64 Å². The first-order chi connectivity index (χ1) is 13.6. The Labute approximate surface area is 166 Å². The van der Waals surface area contributed by atoms with Crippen LogP contribution in [0.4, 0.5) is 5.69 Å². The smallest absolute Gasteiger partial charge is 0.240 e. The van der Waals surface area contributed by atoms with Crippen LogP contribution < -0.4 is 14.4 Å². The molecule has 1 fully saturated rings. The highest BCUT2D eigenvalue weighted by Crippen LogP contribution is 2.32. The van der Waals surface area contributed by atoms with Gasteiger partial charge in [-0.15, -0.1) is 0 Å². The number of fused-ring (bicyclic) bond motifs is 1. The van der Waals surface area contributed by atoms with Gasteiger partial charge in [0.25, 0.3) is 0 Å². The maximum Gasteiger partial charge on any atom is 0.240 e. The molecule has 1 aliphatic heterocycles. The van der Waals surface area contributed by atoms with E-state index in [0.29, 0.717) is 11.4 Å². The molecule has 0 amide bonds. The first-order valence-corrected chi connectivity index (χ1v) is 10.9. The second-order valence-electron chi connectivity index (χ2n) is 7.13. The number of sulfonamides is 1. The van der Waals surface area contributed by atoms with Gasteiger partial charge >= 0.3 is 0 Å². The summed E-state index contributed by atoms with van der Waals surface area (Å²) in [4.78, 5) is 2.57. The first kappa shape index (κ1) is 18.8. The Kier molecular flexibility index (Phi) is 5.24. The van der Waals surface area contributed by atoms with Crippen LogP contribution in [-0.4, -0.2) is 35.2 Å². The number of nitrogens with zero attached hydrogens (tertiary/aromatic N) is 1. The van der Waals surface area contributed by atoms with Crippen molar-refractivity contribution < 1.29 is 13.2 Å². The monoisotopic (exact) mass is 396 g/mol. The molecule has 0 aromatic heterocycles. The SMILES string of the molecule is COc1ccccc1N1CCC(CNS(=O)(=O)c2ccc3ccccc3c2)C1. The van der Waals surface area contributed by atoms with Gasteiger partial charge in [-0.1, -0.05) is 42.5 Å². The lowest BCUT2D eigenvalue weighted by Crippen LogP contribution is -2.31. The van der Waals surface area contributed by atoms with Crippen molar-refractivity contribution in [3.63, 3.8) is 0 Å². The number of hydrogen-bond donors (Lipinski definition) is 1. The zero-order chi connectivity index (χ0) is 19.6. The normalized spacial score (nSPS) is 17.2. The Morgan fingerprint density at radius 1 is 1.04 bits per heavy atom. The van der Waals surface area contributed by atoms with Crippen LogP contribution in [0.25, 0.3) is 10.8 Å². The van der Waals surface area contributed by atoms with E-state index in [2.05, 4.69) is 9.62 Å². The molecular weight excluding hydrogens is 372 g/mol. The summed E-state index contributed by atoms with van der Waals surface area (Å²) in [5.41, 5.74) is 1.06. The number of anilines is 1. The van der Waals surface area contributed by atoms with Gasteiger partial charge in [-0.2, -0.15) is 0 Å². The summed E-state index contributed by atoms with van der Waals surface area (Å²) in [6, 6.07) is 20.9. The number of rotatable bonds is 6. The zero-order valence-electron chi connectivity index (χ0n) is 15.8. The van der Waals surface area contributed by atoms with E-state index in [1.54, 1.807) is 19.2 Å². The van der Waals surface area contributed by atoms with Gasteiger partial charge in [0.1, 0.15) is 5.75 Å². The predicted octanol–water partition coefficient (Wildman–Crippen LogP) is 3.65. The third-order valence-electron chi connectivity index (χ3n) is 5.30. The highest BCUT2D eigenvalue weighted by atomic mass is 32.2. The van der Waals surface area contributed by atoms with Crippen LogP contribution in [0.15, 0.2) is 71.6 Å². The van der Waals surface area contributed by atoms with E-state index in [-0.39, 0.29) is 5.92 Å². The lowest BCUT2D eigenvalue weighted by molar-refractivity contribution is 0.414. The summed E-state index contributed by atoms with van der Waals surface area (Å²) in [6.07, 6.45) is 0.943. The van der Waals surface area contributed by atoms with E-state index < -0.39 is 10.0 Å². The van der Waals surface area contributed by atoms with Crippen LogP contribution in [0, 0.1) is 5.92 Å². The molecule has 0 bridgehead atoms. The van der Waals surface area contributed by atoms with Gasteiger partial charge in [-0.3, -0.25) is 0 Å². The largest absolute Gasteiger partial charge is 0.495 e. The number of ether oxygens (including phenoxy) is 1. The Bertz CT molecular complexity index is 1080. The van der Waals surface area contributed by atoms with Crippen molar-refractivity contribution in [1.29, 1.82) is 0 Å². The average molecular weight is 397 g/mol. The number of nitrogens with one attached hydrogen (secondary N) is 1. The van der Waals surface area contributed by atoms with Crippen LogP contribution >= 0.6 is 0 Å². The van der Waals surface area contributed by atoms with Crippen LogP contribution in [0.5, 0.6) is 5.75 Å². The first-order valence-electron chi connectivity index (χ1n) is 9.43. The molecule has 28 heavy (non-hydrogen) atoms. The molecule has 4 rings (SSSR count). The molecule has 3 aromatic carbocycles. The van der Waals surface area contributed by atoms with Gasteiger partial charge in [0, 0.05) is 19.6 Å². The summed E-state index contributed by atoms with van der Waals surface area (Å²) >= 11 is 0. The molecule has 0 aliphatic carbocycles. The molecule has 1 unspecified atom stereocenters. The third-order valence-corrected chi connectivity index (χ3v) is 6.73. The molecular formula is C22H24N2O3S. The third kappa shape index (κ3) is 3.84. The molecule has 1 heterocycles. The highest BCUT2D eigenvalue weighted by molar-refractivity contribution is 7.89. The molecule has 146 valence electrons. The Hall–Kier alpha value is -2.57. The predicted molar refractivity (Wildman–Crippen MR) is 112 cm³/mol. The molecule has 0 radical (unpaired) electrons. The molecule has 1 N–H and O–H groups in total. The number of methoxy groups -OCH3 is 1. The topological polar surface area (TPSA) is 58.6 Å². The molecule has 1 aliphatic rings. The van der Waals surface area contributed by atoms with Crippen LogP contribution in [0.3, 0.4) is 0 Å². The van der Waals surface area contributed by atoms with E-state index in [4.69, 9.17) is 4.74 Å². The molecule has 0 saturated carbocycles. The van der Waals surface area contributed by atoms with Crippen LogP contribution in [-0.2, 0) is 10.0 Å². The zero-order valence-corrected chi connectivity index (χ0v) is 16.7. The minimum Gasteiger partial charge on any atom is -0.495 e. The fourth-order valence-electron chi connectivity index (χ4n) is 3.75. The van der Waals surface area contributed by atoms with Crippen molar-refractivity contribution in [3.05, 3.63) is 66.7 Å². The molecule has 0 spiro atoms. The van der Waals surface area contributed by atoms with Gasteiger partial charge in [-0.25, -0.2) is 13.1 Å². The lowest BCUT2D eigenvalue weighted by Gasteiger charge is -2.21. The van der Waals surface area contributed by atoms with Crippen molar-refractivity contribution in [3.8, 4) is 5.75 Å². The minimum atomic E-state index is -3.53. The number of benzene rings is 3. The molecule has 1 atom stereocenters. The fourth-order valence-corrected chi connectivity index (χ4v) is 4.91. The van der Waals surface area contributed by atoms with Crippen LogP contribution in [0.1, 0.15) is 6.42 Å². The van der Waals surface area contributed by atoms with E-state index in [1.165, 1.54) is 0 Å². The van der Waals surface area contributed by atoms with Gasteiger partial charge in [0.15, 0.2) is 0 Å². The number of hydrogen-bond acceptors (Lipinski definition) is 4. The summed E-state index contributed by atoms with van der Waals surface area (Å²) < 4.78 is 33.7. The Morgan fingerprint density at radius 2 is 1.79 bits per heavy atom.